The Labute approximate surface area is 151 Å². The van der Waals surface area contributed by atoms with Crippen molar-refractivity contribution in [3.8, 4) is 0 Å². The number of alkyl halides is 3. The maximum atomic E-state index is 13.1. The lowest BCUT2D eigenvalue weighted by Crippen LogP contribution is -2.32. The van der Waals surface area contributed by atoms with E-state index in [1.165, 1.54) is 42.5 Å². The summed E-state index contributed by atoms with van der Waals surface area (Å²) in [6.45, 7) is -0.122. The van der Waals surface area contributed by atoms with Gasteiger partial charge in [-0.3, -0.25) is 4.79 Å². The molecule has 27 heavy (non-hydrogen) atoms. The molecule has 0 saturated carbocycles. The van der Waals surface area contributed by atoms with E-state index < -0.39 is 35.6 Å². The van der Waals surface area contributed by atoms with E-state index in [9.17, 15) is 27.2 Å². The first kappa shape index (κ1) is 18.6. The van der Waals surface area contributed by atoms with Crippen LogP contribution < -0.4 is 0 Å². The molecule has 140 valence electrons. The topological polar surface area (TPSA) is 46.6 Å². The molecule has 4 nitrogen and oxygen atoms in total. The molecule has 2 aromatic rings. The summed E-state index contributed by atoms with van der Waals surface area (Å²) in [5.41, 5.74) is -0.628. The number of benzene rings is 2. The Morgan fingerprint density at radius 2 is 1.78 bits per heavy atom. The third-order valence-corrected chi connectivity index (χ3v) is 4.04. The van der Waals surface area contributed by atoms with Gasteiger partial charge in [0.1, 0.15) is 18.5 Å². The van der Waals surface area contributed by atoms with Gasteiger partial charge in [0.05, 0.1) is 5.56 Å². The van der Waals surface area contributed by atoms with Gasteiger partial charge in [-0.15, -0.1) is 0 Å². The van der Waals surface area contributed by atoms with Crippen molar-refractivity contribution in [2.45, 2.75) is 12.2 Å². The molecule has 1 atom stereocenters. The predicted molar refractivity (Wildman–Crippen MR) is 87.8 cm³/mol. The first-order chi connectivity index (χ1) is 12.8. The fourth-order valence-electron chi connectivity index (χ4n) is 2.74. The summed E-state index contributed by atoms with van der Waals surface area (Å²) in [5, 5.41) is 0. The Kier molecular flexibility index (Phi) is 4.98. The largest absolute Gasteiger partial charge is 0.446 e. The van der Waals surface area contributed by atoms with Crippen LogP contribution in [0.1, 0.15) is 22.7 Å². The maximum absolute atomic E-state index is 13.1. The van der Waals surface area contributed by atoms with Crippen LogP contribution in [0.2, 0.25) is 0 Å². The van der Waals surface area contributed by atoms with Crippen molar-refractivity contribution in [3.05, 3.63) is 77.1 Å². The number of nitrogens with zero attached hydrogens (tertiary/aromatic N) is 1. The molecule has 1 unspecified atom stereocenters. The number of amides is 2. The van der Waals surface area contributed by atoms with Crippen molar-refractivity contribution < 1.29 is 31.9 Å². The Balaban J connectivity index is 1.85. The van der Waals surface area contributed by atoms with E-state index in [2.05, 4.69) is 0 Å². The second-order valence-corrected chi connectivity index (χ2v) is 5.77. The maximum Gasteiger partial charge on any atom is 0.417 e. The minimum atomic E-state index is -4.58. The number of halogens is 4. The second-order valence-electron chi connectivity index (χ2n) is 5.77. The highest BCUT2D eigenvalue weighted by Crippen LogP contribution is 2.33. The number of hydrogen-bond donors (Lipinski definition) is 0. The number of carbonyl (C=O) groups excluding carboxylic acids is 2. The number of cyclic esters (lactones) is 1. The summed E-state index contributed by atoms with van der Waals surface area (Å²) < 4.78 is 57.0. The summed E-state index contributed by atoms with van der Waals surface area (Å²) in [7, 11) is 0. The molecule has 0 N–H and O–H groups in total. The van der Waals surface area contributed by atoms with Crippen LogP contribution in [0.3, 0.4) is 0 Å². The van der Waals surface area contributed by atoms with Gasteiger partial charge in [0.25, 0.3) is 5.91 Å². The van der Waals surface area contributed by atoms with Crippen molar-refractivity contribution in [2.75, 3.05) is 6.61 Å². The molecular weight excluding hydrogens is 366 g/mol. The highest BCUT2D eigenvalue weighted by molar-refractivity contribution is 6.02. The summed E-state index contributed by atoms with van der Waals surface area (Å²) in [5.74, 6) is -1.31. The molecule has 1 fully saturated rings. The van der Waals surface area contributed by atoms with Gasteiger partial charge in [-0.05, 0) is 35.4 Å². The SMILES string of the molecule is O=C(/C=C/c1ccccc1C(F)(F)F)N1C(=O)OCC1c1ccc(F)cc1. The third-order valence-electron chi connectivity index (χ3n) is 4.04. The van der Waals surface area contributed by atoms with Crippen LogP contribution in [0.25, 0.3) is 6.08 Å². The van der Waals surface area contributed by atoms with E-state index in [1.54, 1.807) is 0 Å². The number of rotatable bonds is 3. The molecule has 2 amide bonds. The number of carbonyl (C=O) groups is 2. The molecule has 1 aliphatic rings. The Bertz CT molecular complexity index is 891. The van der Waals surface area contributed by atoms with E-state index in [0.29, 0.717) is 5.56 Å². The van der Waals surface area contributed by atoms with E-state index in [1.807, 2.05) is 0 Å². The lowest BCUT2D eigenvalue weighted by Gasteiger charge is -2.18. The highest BCUT2D eigenvalue weighted by Gasteiger charge is 2.38. The van der Waals surface area contributed by atoms with Crippen molar-refractivity contribution in [2.24, 2.45) is 0 Å². The molecule has 0 radical (unpaired) electrons. The fraction of sp³-hybridized carbons (Fsp3) is 0.158. The van der Waals surface area contributed by atoms with Crippen LogP contribution >= 0.6 is 0 Å². The Morgan fingerprint density at radius 3 is 2.44 bits per heavy atom. The van der Waals surface area contributed by atoms with Crippen molar-refractivity contribution in [1.82, 2.24) is 4.90 Å². The van der Waals surface area contributed by atoms with Crippen LogP contribution in [0, 0.1) is 5.82 Å². The zero-order chi connectivity index (χ0) is 19.6. The number of imide groups is 1. The molecule has 3 rings (SSSR count). The third kappa shape index (κ3) is 3.99. The van der Waals surface area contributed by atoms with E-state index in [0.717, 1.165) is 23.1 Å². The molecule has 1 heterocycles. The summed E-state index contributed by atoms with van der Waals surface area (Å²) in [4.78, 5) is 25.1. The van der Waals surface area contributed by atoms with Crippen molar-refractivity contribution >= 4 is 18.1 Å². The molecule has 1 saturated heterocycles. The van der Waals surface area contributed by atoms with Gasteiger partial charge in [-0.2, -0.15) is 13.2 Å². The fourth-order valence-corrected chi connectivity index (χ4v) is 2.74. The molecular formula is C19H13F4NO3. The van der Waals surface area contributed by atoms with Crippen LogP contribution in [0.4, 0.5) is 22.4 Å². The molecule has 0 aliphatic carbocycles. The van der Waals surface area contributed by atoms with Crippen molar-refractivity contribution in [3.63, 3.8) is 0 Å². The molecule has 0 bridgehead atoms. The number of hydrogen-bond acceptors (Lipinski definition) is 3. The normalized spacial score (nSPS) is 17.4. The van der Waals surface area contributed by atoms with Crippen LogP contribution in [0.15, 0.2) is 54.6 Å². The standard InChI is InChI=1S/C19H13F4NO3/c20-14-8-5-13(6-9-14)16-11-27-18(26)24(16)17(25)10-7-12-3-1-2-4-15(12)19(21,22)23/h1-10,16H,11H2/b10-7+. The predicted octanol–water partition coefficient (Wildman–Crippen LogP) is 4.58. The zero-order valence-corrected chi connectivity index (χ0v) is 13.7. The first-order valence-corrected chi connectivity index (χ1v) is 7.87. The minimum Gasteiger partial charge on any atom is -0.446 e. The van der Waals surface area contributed by atoms with Gasteiger partial charge < -0.3 is 4.74 Å². The molecule has 2 aromatic carbocycles. The van der Waals surface area contributed by atoms with E-state index in [-0.39, 0.29) is 12.2 Å². The summed E-state index contributed by atoms with van der Waals surface area (Å²) in [6.07, 6.45) is -3.61. The van der Waals surface area contributed by atoms with Gasteiger partial charge in [0.2, 0.25) is 0 Å². The Morgan fingerprint density at radius 1 is 1.11 bits per heavy atom. The minimum absolute atomic E-state index is 0.122. The lowest BCUT2D eigenvalue weighted by atomic mass is 10.1. The van der Waals surface area contributed by atoms with Gasteiger partial charge in [-0.25, -0.2) is 14.1 Å². The average Bonchev–Trinajstić information content (AvgIpc) is 3.01. The lowest BCUT2D eigenvalue weighted by molar-refractivity contribution is -0.137. The second kappa shape index (κ2) is 7.22. The summed E-state index contributed by atoms with van der Waals surface area (Å²) >= 11 is 0. The van der Waals surface area contributed by atoms with Crippen molar-refractivity contribution in [1.29, 1.82) is 0 Å². The molecule has 0 aromatic heterocycles. The van der Waals surface area contributed by atoms with Gasteiger partial charge in [0.15, 0.2) is 0 Å². The average molecular weight is 379 g/mol. The van der Waals surface area contributed by atoms with E-state index >= 15 is 0 Å². The van der Waals surface area contributed by atoms with Crippen LogP contribution in [-0.2, 0) is 15.7 Å². The molecule has 1 aliphatic heterocycles. The highest BCUT2D eigenvalue weighted by atomic mass is 19.4. The van der Waals surface area contributed by atoms with Gasteiger partial charge >= 0.3 is 12.3 Å². The zero-order valence-electron chi connectivity index (χ0n) is 13.7. The van der Waals surface area contributed by atoms with E-state index in [4.69, 9.17) is 4.74 Å². The molecule has 0 spiro atoms. The number of ether oxygens (including phenoxy) is 1. The first-order valence-electron chi connectivity index (χ1n) is 7.87. The monoisotopic (exact) mass is 379 g/mol. The van der Waals surface area contributed by atoms with Gasteiger partial charge in [-0.1, -0.05) is 30.3 Å². The summed E-state index contributed by atoms with van der Waals surface area (Å²) in [6, 6.07) is 9.15. The quantitative estimate of drug-likeness (QED) is 0.579. The van der Waals surface area contributed by atoms with Crippen LogP contribution in [0.5, 0.6) is 0 Å². The van der Waals surface area contributed by atoms with Crippen LogP contribution in [-0.4, -0.2) is 23.5 Å². The smallest absolute Gasteiger partial charge is 0.417 e. The van der Waals surface area contributed by atoms with Gasteiger partial charge in [0, 0.05) is 6.08 Å². The Hall–Kier alpha value is -3.16. The molecule has 8 heteroatoms.